The molecular formula is C14H22F2N2O2S. The molecule has 0 saturated heterocycles. The molecule has 0 heterocycles. The van der Waals surface area contributed by atoms with Crippen LogP contribution in [0.2, 0.25) is 0 Å². The maximum atomic E-state index is 13.7. The Bertz CT molecular complexity index is 610. The van der Waals surface area contributed by atoms with Crippen LogP contribution in [-0.2, 0) is 16.6 Å². The zero-order valence-electron chi connectivity index (χ0n) is 12.7. The van der Waals surface area contributed by atoms with Gasteiger partial charge in [0, 0.05) is 13.1 Å². The monoisotopic (exact) mass is 320 g/mol. The van der Waals surface area contributed by atoms with E-state index in [2.05, 4.69) is 4.72 Å². The molecule has 1 aromatic carbocycles. The van der Waals surface area contributed by atoms with Crippen LogP contribution in [0.4, 0.5) is 8.78 Å². The van der Waals surface area contributed by atoms with Gasteiger partial charge in [-0.15, -0.1) is 0 Å². The molecule has 120 valence electrons. The van der Waals surface area contributed by atoms with Gasteiger partial charge < -0.3 is 5.73 Å². The number of halogens is 2. The molecule has 0 bridgehead atoms. The van der Waals surface area contributed by atoms with Crippen LogP contribution in [0.1, 0.15) is 33.3 Å². The van der Waals surface area contributed by atoms with Gasteiger partial charge in [-0.25, -0.2) is 21.9 Å². The first-order chi connectivity index (χ1) is 9.49. The van der Waals surface area contributed by atoms with E-state index >= 15 is 0 Å². The standard InChI is InChI=1S/C14H22F2N2O2S/c1-9(14(2,3)4)8-18-21(19,20)12-6-10(7-17)5-11(15)13(12)16/h5-6,9,18H,7-8,17H2,1-4H3. The van der Waals surface area contributed by atoms with Gasteiger partial charge in [-0.05, 0) is 29.0 Å². The van der Waals surface area contributed by atoms with Crippen LogP contribution in [0, 0.1) is 23.0 Å². The van der Waals surface area contributed by atoms with E-state index in [1.807, 2.05) is 27.7 Å². The van der Waals surface area contributed by atoms with E-state index < -0.39 is 26.6 Å². The highest BCUT2D eigenvalue weighted by molar-refractivity contribution is 7.89. The third-order valence-electron chi connectivity index (χ3n) is 3.64. The number of nitrogens with one attached hydrogen (secondary N) is 1. The van der Waals surface area contributed by atoms with Gasteiger partial charge in [-0.3, -0.25) is 0 Å². The van der Waals surface area contributed by atoms with Gasteiger partial charge in [0.15, 0.2) is 11.6 Å². The van der Waals surface area contributed by atoms with Crippen LogP contribution >= 0.6 is 0 Å². The predicted octanol–water partition coefficient (Wildman–Crippen LogP) is 2.38. The van der Waals surface area contributed by atoms with Gasteiger partial charge in [0.1, 0.15) is 4.90 Å². The Labute approximate surface area is 124 Å². The summed E-state index contributed by atoms with van der Waals surface area (Å²) in [6, 6.07) is 1.95. The molecule has 0 aliphatic rings. The fourth-order valence-electron chi connectivity index (χ4n) is 1.55. The zero-order chi connectivity index (χ0) is 16.4. The number of sulfonamides is 1. The minimum atomic E-state index is -4.12. The molecule has 0 aromatic heterocycles. The summed E-state index contributed by atoms with van der Waals surface area (Å²) < 4.78 is 53.8. The van der Waals surface area contributed by atoms with Crippen LogP contribution in [0.25, 0.3) is 0 Å². The smallest absolute Gasteiger partial charge is 0.243 e. The summed E-state index contributed by atoms with van der Waals surface area (Å²) in [4.78, 5) is -0.705. The first-order valence-electron chi connectivity index (χ1n) is 6.66. The minimum absolute atomic E-state index is 0.0258. The van der Waals surface area contributed by atoms with Crippen LogP contribution in [0.3, 0.4) is 0 Å². The molecular weight excluding hydrogens is 298 g/mol. The van der Waals surface area contributed by atoms with Crippen molar-refractivity contribution in [3.8, 4) is 0 Å². The Hall–Kier alpha value is -1.05. The fraction of sp³-hybridized carbons (Fsp3) is 0.571. The van der Waals surface area contributed by atoms with Crippen LogP contribution in [0.15, 0.2) is 17.0 Å². The lowest BCUT2D eigenvalue weighted by atomic mass is 9.82. The SMILES string of the molecule is CC(CNS(=O)(=O)c1cc(CN)cc(F)c1F)C(C)(C)C. The summed E-state index contributed by atoms with van der Waals surface area (Å²) in [6.07, 6.45) is 0. The topological polar surface area (TPSA) is 72.2 Å². The van der Waals surface area contributed by atoms with Crippen molar-refractivity contribution in [3.05, 3.63) is 29.3 Å². The van der Waals surface area contributed by atoms with Crippen molar-refractivity contribution in [2.24, 2.45) is 17.1 Å². The molecule has 3 N–H and O–H groups in total. The molecule has 1 aromatic rings. The lowest BCUT2D eigenvalue weighted by Crippen LogP contribution is -2.34. The molecule has 0 radical (unpaired) electrons. The number of hydrogen-bond donors (Lipinski definition) is 2. The Balaban J connectivity index is 3.06. The van der Waals surface area contributed by atoms with E-state index in [1.165, 1.54) is 0 Å². The van der Waals surface area contributed by atoms with E-state index in [-0.39, 0.29) is 30.0 Å². The van der Waals surface area contributed by atoms with Gasteiger partial charge in [0.25, 0.3) is 0 Å². The summed E-state index contributed by atoms with van der Waals surface area (Å²) in [7, 11) is -4.12. The van der Waals surface area contributed by atoms with E-state index in [0.717, 1.165) is 12.1 Å². The van der Waals surface area contributed by atoms with E-state index in [4.69, 9.17) is 5.73 Å². The molecule has 0 amide bonds. The van der Waals surface area contributed by atoms with Crippen LogP contribution in [0.5, 0.6) is 0 Å². The van der Waals surface area contributed by atoms with Crippen LogP contribution in [-0.4, -0.2) is 15.0 Å². The third-order valence-corrected chi connectivity index (χ3v) is 5.06. The molecule has 0 fully saturated rings. The van der Waals surface area contributed by atoms with Gasteiger partial charge >= 0.3 is 0 Å². The molecule has 7 heteroatoms. The number of nitrogens with two attached hydrogens (primary N) is 1. The first kappa shape index (κ1) is 18.0. The van der Waals surface area contributed by atoms with Crippen molar-refractivity contribution >= 4 is 10.0 Å². The summed E-state index contributed by atoms with van der Waals surface area (Å²) in [5.74, 6) is -2.58. The van der Waals surface area contributed by atoms with Crippen molar-refractivity contribution in [1.29, 1.82) is 0 Å². The van der Waals surface area contributed by atoms with Gasteiger partial charge in [0.05, 0.1) is 0 Å². The summed E-state index contributed by atoms with van der Waals surface area (Å²) in [5.41, 5.74) is 5.47. The minimum Gasteiger partial charge on any atom is -0.326 e. The maximum Gasteiger partial charge on any atom is 0.243 e. The zero-order valence-corrected chi connectivity index (χ0v) is 13.5. The highest BCUT2D eigenvalue weighted by atomic mass is 32.2. The van der Waals surface area contributed by atoms with Gasteiger partial charge in [-0.2, -0.15) is 0 Å². The average molecular weight is 320 g/mol. The van der Waals surface area contributed by atoms with Gasteiger partial charge in [-0.1, -0.05) is 27.7 Å². The molecule has 0 saturated carbocycles. The second-order valence-electron chi connectivity index (χ2n) is 6.21. The first-order valence-corrected chi connectivity index (χ1v) is 8.15. The Morgan fingerprint density at radius 3 is 2.33 bits per heavy atom. The highest BCUT2D eigenvalue weighted by Crippen LogP contribution is 2.25. The van der Waals surface area contributed by atoms with Crippen molar-refractivity contribution in [1.82, 2.24) is 4.72 Å². The van der Waals surface area contributed by atoms with Crippen molar-refractivity contribution in [2.75, 3.05) is 6.54 Å². The maximum absolute atomic E-state index is 13.7. The molecule has 21 heavy (non-hydrogen) atoms. The van der Waals surface area contributed by atoms with Crippen molar-refractivity contribution < 1.29 is 17.2 Å². The summed E-state index contributed by atoms with van der Waals surface area (Å²) in [5, 5.41) is 0. The largest absolute Gasteiger partial charge is 0.326 e. The van der Waals surface area contributed by atoms with Gasteiger partial charge in [0.2, 0.25) is 10.0 Å². The quantitative estimate of drug-likeness (QED) is 0.875. The number of rotatable bonds is 5. The average Bonchev–Trinajstić information content (AvgIpc) is 2.37. The van der Waals surface area contributed by atoms with Crippen molar-refractivity contribution in [3.63, 3.8) is 0 Å². The summed E-state index contributed by atoms with van der Waals surface area (Å²) >= 11 is 0. The molecule has 0 aliphatic heterocycles. The second kappa shape index (κ2) is 6.37. The Morgan fingerprint density at radius 1 is 1.29 bits per heavy atom. The van der Waals surface area contributed by atoms with Crippen LogP contribution < -0.4 is 10.5 Å². The molecule has 1 atom stereocenters. The second-order valence-corrected chi connectivity index (χ2v) is 7.95. The third kappa shape index (κ3) is 4.46. The lowest BCUT2D eigenvalue weighted by Gasteiger charge is -2.27. The van der Waals surface area contributed by atoms with E-state index in [0.29, 0.717) is 0 Å². The summed E-state index contributed by atoms with van der Waals surface area (Å²) in [6.45, 7) is 7.87. The molecule has 0 aliphatic carbocycles. The molecule has 1 unspecified atom stereocenters. The lowest BCUT2D eigenvalue weighted by molar-refractivity contribution is 0.263. The molecule has 0 spiro atoms. The number of hydrogen-bond acceptors (Lipinski definition) is 3. The fourth-order valence-corrected chi connectivity index (χ4v) is 2.81. The van der Waals surface area contributed by atoms with E-state index in [1.54, 1.807) is 0 Å². The van der Waals surface area contributed by atoms with Crippen molar-refractivity contribution in [2.45, 2.75) is 39.1 Å². The number of benzene rings is 1. The predicted molar refractivity (Wildman–Crippen MR) is 78.1 cm³/mol. The molecule has 4 nitrogen and oxygen atoms in total. The van der Waals surface area contributed by atoms with E-state index in [9.17, 15) is 17.2 Å². The molecule has 1 rings (SSSR count). The highest BCUT2D eigenvalue weighted by Gasteiger charge is 2.26. The Kier molecular flexibility index (Phi) is 5.46. The normalized spacial score (nSPS) is 14.2. The Morgan fingerprint density at radius 2 is 1.86 bits per heavy atom.